The Hall–Kier alpha value is -3.63. The van der Waals surface area contributed by atoms with E-state index in [1.54, 1.807) is 0 Å². The van der Waals surface area contributed by atoms with Crippen LogP contribution in [0.25, 0.3) is 0 Å². The average molecular weight is 740 g/mol. The van der Waals surface area contributed by atoms with Gasteiger partial charge in [-0.2, -0.15) is 36.4 Å². The van der Waals surface area contributed by atoms with Gasteiger partial charge < -0.3 is 17.0 Å². The van der Waals surface area contributed by atoms with Crippen molar-refractivity contribution < 1.29 is 33.5 Å². The molecule has 0 unspecified atom stereocenters. The quantitative estimate of drug-likeness (QED) is 0.122. The SMILES string of the molecule is [Br-].[Ni+2].[c-]1ccccc1.c1ccc(P(c2ccccc2)c2ccccc2)cc1.c1ccc(P(c2ccccc2)c2ccccc2)cc1. The van der Waals surface area contributed by atoms with Gasteiger partial charge in [-0.05, 0) is 47.7 Å². The molecule has 0 saturated heterocycles. The van der Waals surface area contributed by atoms with Crippen molar-refractivity contribution in [2.45, 2.75) is 0 Å². The molecule has 0 heterocycles. The maximum absolute atomic E-state index is 2.89. The molecule has 0 saturated carbocycles. The largest absolute Gasteiger partial charge is 2.00 e. The first-order valence-corrected chi connectivity index (χ1v) is 17.4. The van der Waals surface area contributed by atoms with Crippen molar-refractivity contribution in [3.63, 3.8) is 0 Å². The Bertz CT molecular complexity index is 1390. The van der Waals surface area contributed by atoms with Crippen molar-refractivity contribution in [1.82, 2.24) is 0 Å². The van der Waals surface area contributed by atoms with Crippen LogP contribution in [0.15, 0.2) is 212 Å². The van der Waals surface area contributed by atoms with Gasteiger partial charge in [0.25, 0.3) is 0 Å². The van der Waals surface area contributed by atoms with E-state index in [1.807, 2.05) is 30.3 Å². The van der Waals surface area contributed by atoms with Crippen LogP contribution in [0, 0.1) is 6.07 Å². The number of hydrogen-bond acceptors (Lipinski definition) is 0. The van der Waals surface area contributed by atoms with Crippen LogP contribution >= 0.6 is 15.8 Å². The molecule has 0 aromatic heterocycles. The number of halogens is 1. The maximum atomic E-state index is 2.89. The summed E-state index contributed by atoms with van der Waals surface area (Å²) in [5, 5.41) is 8.39. The molecular weight excluding hydrogens is 705 g/mol. The Labute approximate surface area is 297 Å². The van der Waals surface area contributed by atoms with Gasteiger partial charge in [0, 0.05) is 0 Å². The van der Waals surface area contributed by atoms with Crippen LogP contribution in [0.1, 0.15) is 0 Å². The molecule has 7 rings (SSSR count). The molecule has 0 atom stereocenters. The minimum absolute atomic E-state index is 0. The molecule has 7 aromatic carbocycles. The smallest absolute Gasteiger partial charge is 1.00 e. The summed E-state index contributed by atoms with van der Waals surface area (Å²) in [6.07, 6.45) is 0. The summed E-state index contributed by atoms with van der Waals surface area (Å²) in [6, 6.07) is 77.2. The fourth-order valence-corrected chi connectivity index (χ4v) is 9.31. The van der Waals surface area contributed by atoms with Crippen molar-refractivity contribution >= 4 is 47.7 Å². The van der Waals surface area contributed by atoms with E-state index in [-0.39, 0.29) is 33.5 Å². The first kappa shape index (κ1) is 36.8. The second-order valence-electron chi connectivity index (χ2n) is 9.76. The summed E-state index contributed by atoms with van der Waals surface area (Å²) in [7, 11) is -0.892. The molecule has 0 aliphatic carbocycles. The molecule has 7 aromatic rings. The topological polar surface area (TPSA) is 0 Å². The molecule has 0 N–H and O–H groups in total. The van der Waals surface area contributed by atoms with Gasteiger partial charge in [-0.1, -0.05) is 182 Å². The van der Waals surface area contributed by atoms with Crippen molar-refractivity contribution in [3.8, 4) is 0 Å². The molecule has 0 nitrogen and oxygen atoms in total. The zero-order valence-corrected chi connectivity index (χ0v) is 29.7. The molecule has 0 fully saturated rings. The summed E-state index contributed by atoms with van der Waals surface area (Å²) in [5.74, 6) is 0. The second-order valence-corrected chi connectivity index (χ2v) is 14.2. The minimum atomic E-state index is -0.446. The Balaban J connectivity index is 0.000000205. The third kappa shape index (κ3) is 11.3. The van der Waals surface area contributed by atoms with Crippen molar-refractivity contribution in [2.24, 2.45) is 0 Å². The summed E-state index contributed by atoms with van der Waals surface area (Å²) in [4.78, 5) is 0. The van der Waals surface area contributed by atoms with Crippen LogP contribution in [0.2, 0.25) is 0 Å². The van der Waals surface area contributed by atoms with E-state index in [1.165, 1.54) is 31.8 Å². The fraction of sp³-hybridized carbons (Fsp3) is 0. The third-order valence-corrected chi connectivity index (χ3v) is 11.6. The van der Waals surface area contributed by atoms with Gasteiger partial charge in [0.15, 0.2) is 0 Å². The number of rotatable bonds is 6. The van der Waals surface area contributed by atoms with Crippen LogP contribution in [-0.2, 0) is 16.5 Å². The zero-order chi connectivity index (χ0) is 30.1. The first-order chi connectivity index (χ1) is 21.9. The Morgan fingerprint density at radius 3 is 0.565 bits per heavy atom. The molecule has 0 aliphatic rings. The summed E-state index contributed by atoms with van der Waals surface area (Å²) in [6.45, 7) is 0. The van der Waals surface area contributed by atoms with E-state index in [0.29, 0.717) is 0 Å². The third-order valence-electron chi connectivity index (χ3n) is 6.69. The molecule has 0 bridgehead atoms. The Kier molecular flexibility index (Phi) is 17.0. The van der Waals surface area contributed by atoms with Gasteiger partial charge in [-0.3, -0.25) is 0 Å². The van der Waals surface area contributed by atoms with E-state index in [2.05, 4.69) is 188 Å². The van der Waals surface area contributed by atoms with Gasteiger partial charge in [-0.15, -0.1) is 0 Å². The standard InChI is InChI=1S/2C18H15P.C6H5.BrH.Ni/c2*1-4-10-16(11-5-1)19(17-12-6-2-7-13-17)18-14-8-3-9-15-18;1-2-4-6-5-3-1;;/h2*1-15H;1-5H;1H;/q;;-1;;+2/p-1. The van der Waals surface area contributed by atoms with E-state index in [9.17, 15) is 0 Å². The molecule has 230 valence electrons. The molecule has 0 amide bonds. The predicted molar refractivity (Wildman–Crippen MR) is 196 cm³/mol. The molecule has 0 radical (unpaired) electrons. The van der Waals surface area contributed by atoms with Crippen LogP contribution in [0.3, 0.4) is 0 Å². The molecule has 0 spiro atoms. The molecule has 0 aliphatic heterocycles. The van der Waals surface area contributed by atoms with Gasteiger partial charge >= 0.3 is 16.5 Å². The van der Waals surface area contributed by atoms with Crippen LogP contribution < -0.4 is 48.8 Å². The molecule has 46 heavy (non-hydrogen) atoms. The van der Waals surface area contributed by atoms with E-state index < -0.39 is 15.8 Å². The van der Waals surface area contributed by atoms with Gasteiger partial charge in [0.2, 0.25) is 0 Å². The van der Waals surface area contributed by atoms with Gasteiger partial charge in [0.05, 0.1) is 0 Å². The Morgan fingerprint density at radius 2 is 0.435 bits per heavy atom. The van der Waals surface area contributed by atoms with Crippen LogP contribution in [0.4, 0.5) is 0 Å². The molecule has 4 heteroatoms. The van der Waals surface area contributed by atoms with Gasteiger partial charge in [0.1, 0.15) is 0 Å². The van der Waals surface area contributed by atoms with Crippen LogP contribution in [-0.4, -0.2) is 0 Å². The minimum Gasteiger partial charge on any atom is -1.00 e. The first-order valence-electron chi connectivity index (χ1n) is 14.7. The van der Waals surface area contributed by atoms with E-state index in [4.69, 9.17) is 0 Å². The fourth-order valence-electron chi connectivity index (χ4n) is 4.70. The van der Waals surface area contributed by atoms with Gasteiger partial charge in [-0.25, -0.2) is 0 Å². The van der Waals surface area contributed by atoms with E-state index >= 15 is 0 Å². The van der Waals surface area contributed by atoms with Crippen molar-refractivity contribution in [2.75, 3.05) is 0 Å². The number of hydrogen-bond donors (Lipinski definition) is 0. The monoisotopic (exact) mass is 738 g/mol. The summed E-state index contributed by atoms with van der Waals surface area (Å²) in [5.41, 5.74) is 0. The van der Waals surface area contributed by atoms with Crippen molar-refractivity contribution in [3.05, 3.63) is 218 Å². The average Bonchev–Trinajstić information content (AvgIpc) is 3.13. The van der Waals surface area contributed by atoms with Crippen LogP contribution in [0.5, 0.6) is 0 Å². The van der Waals surface area contributed by atoms with E-state index in [0.717, 1.165) is 0 Å². The summed E-state index contributed by atoms with van der Waals surface area (Å²) >= 11 is 0. The second kappa shape index (κ2) is 21.2. The Morgan fingerprint density at radius 1 is 0.261 bits per heavy atom. The normalized spacial score (nSPS) is 9.78. The zero-order valence-electron chi connectivity index (χ0n) is 25.3. The van der Waals surface area contributed by atoms with Crippen molar-refractivity contribution in [1.29, 1.82) is 0 Å². The molecular formula is C42H35BrNiP2. The predicted octanol–water partition coefficient (Wildman–Crippen LogP) is 5.38. The number of benzene rings is 7. The summed E-state index contributed by atoms with van der Waals surface area (Å²) < 4.78 is 0. The maximum Gasteiger partial charge on any atom is 2.00 e.